The molecule has 1 saturated heterocycles. The zero-order valence-corrected chi connectivity index (χ0v) is 22.1. The van der Waals surface area contributed by atoms with E-state index >= 15 is 0 Å². The third kappa shape index (κ3) is 11.3. The second-order valence-corrected chi connectivity index (χ2v) is 10.3. The summed E-state index contributed by atoms with van der Waals surface area (Å²) in [5, 5.41) is 5.43. The average Bonchev–Trinajstić information content (AvgIpc) is 2.91. The van der Waals surface area contributed by atoms with Crippen LogP contribution in [-0.2, 0) is 22.6 Å². The van der Waals surface area contributed by atoms with E-state index in [1.54, 1.807) is 0 Å². The van der Waals surface area contributed by atoms with Crippen LogP contribution in [-0.4, -0.2) is 59.9 Å². The van der Waals surface area contributed by atoms with E-state index in [-0.39, 0.29) is 18.2 Å². The minimum atomic E-state index is -0.686. The Morgan fingerprint density at radius 1 is 0.973 bits per heavy atom. The highest BCUT2D eigenvalue weighted by Gasteiger charge is 2.21. The second kappa shape index (κ2) is 15.9. The zero-order chi connectivity index (χ0) is 26.3. The quantitative estimate of drug-likeness (QED) is 0.325. The minimum Gasteiger partial charge on any atom is -0.489 e. The standard InChI is InChI=1S/C28H38N4O4S/c29-28(35)37-19-7-10-26(33)31-25(27(34)30-15-18-32-16-5-2-6-17-32)20-22-11-13-24(14-12-22)36-21-23-8-3-1-4-9-23/h1,3-4,8-9,11-14,25H,2,5-7,10,15-21H2,(H2,29,35)(H,30,34)(H,31,33). The summed E-state index contributed by atoms with van der Waals surface area (Å²) in [6.07, 6.45) is 4.78. The van der Waals surface area contributed by atoms with E-state index in [4.69, 9.17) is 10.5 Å². The molecule has 37 heavy (non-hydrogen) atoms. The number of amides is 3. The van der Waals surface area contributed by atoms with E-state index in [9.17, 15) is 14.4 Å². The van der Waals surface area contributed by atoms with Crippen LogP contribution in [0.2, 0.25) is 0 Å². The van der Waals surface area contributed by atoms with Gasteiger partial charge in [-0.25, -0.2) is 0 Å². The Bertz CT molecular complexity index is 981. The topological polar surface area (TPSA) is 114 Å². The second-order valence-electron chi connectivity index (χ2n) is 9.21. The van der Waals surface area contributed by atoms with E-state index in [0.29, 0.717) is 31.7 Å². The maximum Gasteiger partial charge on any atom is 0.276 e. The predicted octanol–water partition coefficient (Wildman–Crippen LogP) is 3.49. The van der Waals surface area contributed by atoms with Crippen molar-refractivity contribution in [2.45, 2.75) is 51.2 Å². The van der Waals surface area contributed by atoms with Crippen molar-refractivity contribution in [2.24, 2.45) is 5.73 Å². The van der Waals surface area contributed by atoms with Gasteiger partial charge >= 0.3 is 0 Å². The molecule has 3 rings (SSSR count). The van der Waals surface area contributed by atoms with Crippen LogP contribution >= 0.6 is 11.8 Å². The summed E-state index contributed by atoms with van der Waals surface area (Å²) in [6, 6.07) is 16.9. The number of piperidine rings is 1. The molecule has 0 spiro atoms. The van der Waals surface area contributed by atoms with Crippen molar-refractivity contribution >= 4 is 28.8 Å². The summed E-state index contributed by atoms with van der Waals surface area (Å²) in [5.74, 6) is 0.802. The van der Waals surface area contributed by atoms with Gasteiger partial charge in [0.05, 0.1) is 0 Å². The Hall–Kier alpha value is -3.04. The molecule has 1 aliphatic heterocycles. The molecule has 200 valence electrons. The maximum absolute atomic E-state index is 13.0. The number of rotatable bonds is 14. The van der Waals surface area contributed by atoms with Crippen molar-refractivity contribution in [3.05, 3.63) is 65.7 Å². The molecule has 1 heterocycles. The SMILES string of the molecule is NC(=O)SCCCC(=O)NC(Cc1ccc(OCc2ccccc2)cc1)C(=O)NCCN1CCCCC1. The highest BCUT2D eigenvalue weighted by Crippen LogP contribution is 2.16. The number of nitrogens with two attached hydrogens (primary N) is 1. The monoisotopic (exact) mass is 526 g/mol. The molecule has 0 bridgehead atoms. The summed E-state index contributed by atoms with van der Waals surface area (Å²) in [4.78, 5) is 38.8. The molecule has 0 aromatic heterocycles. The van der Waals surface area contributed by atoms with Gasteiger partial charge < -0.3 is 26.0 Å². The average molecular weight is 527 g/mol. The molecular weight excluding hydrogens is 488 g/mol. The molecule has 4 N–H and O–H groups in total. The Labute approximate surface area is 223 Å². The number of carbonyl (C=O) groups is 3. The number of nitrogens with one attached hydrogen (secondary N) is 2. The highest BCUT2D eigenvalue weighted by atomic mass is 32.2. The summed E-state index contributed by atoms with van der Waals surface area (Å²) >= 11 is 0.993. The lowest BCUT2D eigenvalue weighted by molar-refractivity contribution is -0.129. The van der Waals surface area contributed by atoms with Gasteiger partial charge in [0.15, 0.2) is 0 Å². The molecule has 0 radical (unpaired) electrons. The van der Waals surface area contributed by atoms with E-state index < -0.39 is 11.3 Å². The largest absolute Gasteiger partial charge is 0.489 e. The Morgan fingerprint density at radius 2 is 1.70 bits per heavy atom. The molecule has 3 amide bonds. The van der Waals surface area contributed by atoms with Crippen LogP contribution in [0.3, 0.4) is 0 Å². The van der Waals surface area contributed by atoms with Crippen molar-refractivity contribution < 1.29 is 19.1 Å². The summed E-state index contributed by atoms with van der Waals surface area (Å²) in [5.41, 5.74) is 7.15. The first-order valence-electron chi connectivity index (χ1n) is 13.0. The number of carbonyl (C=O) groups excluding carboxylic acids is 3. The Morgan fingerprint density at radius 3 is 2.41 bits per heavy atom. The smallest absolute Gasteiger partial charge is 0.276 e. The van der Waals surface area contributed by atoms with Crippen molar-refractivity contribution in [1.82, 2.24) is 15.5 Å². The molecule has 2 aromatic rings. The molecule has 1 fully saturated rings. The third-order valence-corrected chi connectivity index (χ3v) is 7.01. The van der Waals surface area contributed by atoms with E-state index in [0.717, 1.165) is 48.3 Å². The first-order chi connectivity index (χ1) is 18.0. The molecule has 1 unspecified atom stereocenters. The number of hydrogen-bond donors (Lipinski definition) is 3. The van der Waals surface area contributed by atoms with Crippen LogP contribution in [0.4, 0.5) is 4.79 Å². The molecular formula is C28H38N4O4S. The van der Waals surface area contributed by atoms with Gasteiger partial charge in [0.2, 0.25) is 11.8 Å². The number of thioether (sulfide) groups is 1. The van der Waals surface area contributed by atoms with Crippen molar-refractivity contribution in [3.63, 3.8) is 0 Å². The third-order valence-electron chi connectivity index (χ3n) is 6.23. The lowest BCUT2D eigenvalue weighted by Crippen LogP contribution is -2.49. The summed E-state index contributed by atoms with van der Waals surface area (Å²) < 4.78 is 5.86. The first-order valence-corrected chi connectivity index (χ1v) is 14.0. The van der Waals surface area contributed by atoms with Crippen LogP contribution < -0.4 is 21.1 Å². The lowest BCUT2D eigenvalue weighted by atomic mass is 10.0. The van der Waals surface area contributed by atoms with E-state index in [2.05, 4.69) is 15.5 Å². The molecule has 1 aliphatic rings. The predicted molar refractivity (Wildman–Crippen MR) is 147 cm³/mol. The molecule has 2 aromatic carbocycles. The van der Waals surface area contributed by atoms with Crippen LogP contribution in [0, 0.1) is 0 Å². The molecule has 1 atom stereocenters. The maximum atomic E-state index is 13.0. The zero-order valence-electron chi connectivity index (χ0n) is 21.3. The van der Waals surface area contributed by atoms with Crippen LogP contribution in [0.15, 0.2) is 54.6 Å². The normalized spacial score (nSPS) is 14.5. The number of nitrogens with zero attached hydrogens (tertiary/aromatic N) is 1. The number of ether oxygens (including phenoxy) is 1. The van der Waals surface area contributed by atoms with Gasteiger partial charge in [0.1, 0.15) is 18.4 Å². The fourth-order valence-corrected chi connectivity index (χ4v) is 4.71. The van der Waals surface area contributed by atoms with Gasteiger partial charge in [-0.2, -0.15) is 0 Å². The van der Waals surface area contributed by atoms with Gasteiger partial charge in [-0.1, -0.05) is 60.6 Å². The number of likely N-dealkylation sites (tertiary alicyclic amines) is 1. The van der Waals surface area contributed by atoms with Crippen molar-refractivity contribution in [2.75, 3.05) is 31.9 Å². The van der Waals surface area contributed by atoms with Crippen molar-refractivity contribution in [3.8, 4) is 5.75 Å². The van der Waals surface area contributed by atoms with E-state index in [1.165, 1.54) is 19.3 Å². The number of hydrogen-bond acceptors (Lipinski definition) is 6. The van der Waals surface area contributed by atoms with Gasteiger partial charge in [0, 0.05) is 31.7 Å². The van der Waals surface area contributed by atoms with E-state index in [1.807, 2.05) is 54.6 Å². The fraction of sp³-hybridized carbons (Fsp3) is 0.464. The first kappa shape index (κ1) is 28.5. The Balaban J connectivity index is 1.53. The van der Waals surface area contributed by atoms with Crippen LogP contribution in [0.25, 0.3) is 0 Å². The van der Waals surface area contributed by atoms with Gasteiger partial charge in [-0.05, 0) is 55.6 Å². The van der Waals surface area contributed by atoms with Gasteiger partial charge in [0.25, 0.3) is 5.24 Å². The molecule has 8 nitrogen and oxygen atoms in total. The molecule has 9 heteroatoms. The summed E-state index contributed by atoms with van der Waals surface area (Å²) in [6.45, 7) is 3.97. The fourth-order valence-electron chi connectivity index (χ4n) is 4.22. The summed E-state index contributed by atoms with van der Waals surface area (Å²) in [7, 11) is 0. The molecule has 0 aliphatic carbocycles. The van der Waals surface area contributed by atoms with Crippen LogP contribution in [0.5, 0.6) is 5.75 Å². The van der Waals surface area contributed by atoms with Crippen molar-refractivity contribution in [1.29, 1.82) is 0 Å². The highest BCUT2D eigenvalue weighted by molar-refractivity contribution is 8.13. The van der Waals surface area contributed by atoms with Gasteiger partial charge in [-0.15, -0.1) is 0 Å². The van der Waals surface area contributed by atoms with Crippen LogP contribution in [0.1, 0.15) is 43.2 Å². The molecule has 0 saturated carbocycles. The Kier molecular flexibility index (Phi) is 12.3. The number of benzene rings is 2. The van der Waals surface area contributed by atoms with Gasteiger partial charge in [-0.3, -0.25) is 14.4 Å². The lowest BCUT2D eigenvalue weighted by Gasteiger charge is -2.27. The minimum absolute atomic E-state index is 0.193. The number of primary amides is 1.